The van der Waals surface area contributed by atoms with E-state index in [1.807, 2.05) is 0 Å². The SMILES string of the molecule is CCCc1nc(C(=O)NC2CC3CCC2C3)n[nH]1. The molecule has 1 aromatic heterocycles. The third kappa shape index (κ3) is 2.13. The molecule has 0 radical (unpaired) electrons. The van der Waals surface area contributed by atoms with E-state index < -0.39 is 0 Å². The fourth-order valence-electron chi connectivity index (χ4n) is 3.40. The van der Waals surface area contributed by atoms with Crippen LogP contribution >= 0.6 is 0 Å². The van der Waals surface area contributed by atoms with Crippen LogP contribution in [0.2, 0.25) is 0 Å². The highest BCUT2D eigenvalue weighted by Crippen LogP contribution is 2.44. The molecule has 2 aliphatic carbocycles. The molecule has 0 spiro atoms. The number of amides is 1. The number of nitrogens with one attached hydrogen (secondary N) is 2. The van der Waals surface area contributed by atoms with E-state index in [4.69, 9.17) is 0 Å². The summed E-state index contributed by atoms with van der Waals surface area (Å²) < 4.78 is 0. The van der Waals surface area contributed by atoms with Gasteiger partial charge in [-0.1, -0.05) is 13.3 Å². The highest BCUT2D eigenvalue weighted by atomic mass is 16.2. The van der Waals surface area contributed by atoms with Crippen molar-refractivity contribution in [3.63, 3.8) is 0 Å². The number of aromatic amines is 1. The zero-order valence-electron chi connectivity index (χ0n) is 10.8. The number of carbonyl (C=O) groups is 1. The zero-order chi connectivity index (χ0) is 12.5. The quantitative estimate of drug-likeness (QED) is 0.851. The molecule has 3 rings (SSSR count). The van der Waals surface area contributed by atoms with Gasteiger partial charge in [-0.3, -0.25) is 9.89 Å². The van der Waals surface area contributed by atoms with Gasteiger partial charge < -0.3 is 5.32 Å². The van der Waals surface area contributed by atoms with Crippen LogP contribution in [-0.2, 0) is 6.42 Å². The van der Waals surface area contributed by atoms with Gasteiger partial charge in [-0.25, -0.2) is 4.98 Å². The van der Waals surface area contributed by atoms with Gasteiger partial charge in [0.15, 0.2) is 0 Å². The van der Waals surface area contributed by atoms with E-state index in [1.54, 1.807) is 0 Å². The Morgan fingerprint density at radius 1 is 1.44 bits per heavy atom. The number of hydrogen-bond acceptors (Lipinski definition) is 3. The minimum absolute atomic E-state index is 0.119. The molecule has 2 saturated carbocycles. The summed E-state index contributed by atoms with van der Waals surface area (Å²) in [5, 5.41) is 9.91. The van der Waals surface area contributed by atoms with Crippen molar-refractivity contribution in [1.29, 1.82) is 0 Å². The summed E-state index contributed by atoms with van der Waals surface area (Å²) in [5.74, 6) is 2.50. The van der Waals surface area contributed by atoms with Gasteiger partial charge in [0, 0.05) is 12.5 Å². The lowest BCUT2D eigenvalue weighted by Crippen LogP contribution is -2.38. The van der Waals surface area contributed by atoms with Crippen LogP contribution in [0.3, 0.4) is 0 Å². The fourth-order valence-corrected chi connectivity index (χ4v) is 3.40. The first-order valence-electron chi connectivity index (χ1n) is 6.98. The standard InChI is InChI=1S/C13H20N4O/c1-2-3-11-15-12(17-16-11)13(18)14-10-7-8-4-5-9(10)6-8/h8-10H,2-7H2,1H3,(H,14,18)(H,15,16,17). The van der Waals surface area contributed by atoms with Crippen molar-refractivity contribution >= 4 is 5.91 Å². The summed E-state index contributed by atoms with van der Waals surface area (Å²) in [6, 6.07) is 0.351. The summed E-state index contributed by atoms with van der Waals surface area (Å²) in [4.78, 5) is 16.3. The maximum Gasteiger partial charge on any atom is 0.291 e. The third-order valence-electron chi connectivity index (χ3n) is 4.28. The second kappa shape index (κ2) is 4.71. The van der Waals surface area contributed by atoms with Crippen molar-refractivity contribution < 1.29 is 4.79 Å². The van der Waals surface area contributed by atoms with Crippen molar-refractivity contribution in [2.75, 3.05) is 0 Å². The van der Waals surface area contributed by atoms with Crippen molar-refractivity contribution in [1.82, 2.24) is 20.5 Å². The molecule has 3 unspecified atom stereocenters. The summed E-state index contributed by atoms with van der Waals surface area (Å²) in [5.41, 5.74) is 0. The molecule has 0 saturated heterocycles. The van der Waals surface area contributed by atoms with Crippen LogP contribution in [0.25, 0.3) is 0 Å². The van der Waals surface area contributed by atoms with Crippen LogP contribution < -0.4 is 5.32 Å². The number of nitrogens with zero attached hydrogens (tertiary/aromatic N) is 2. The molecule has 2 bridgehead atoms. The van der Waals surface area contributed by atoms with Gasteiger partial charge in [-0.2, -0.15) is 0 Å². The van der Waals surface area contributed by atoms with Gasteiger partial charge in [-0.05, 0) is 37.5 Å². The number of aromatic nitrogens is 3. The topological polar surface area (TPSA) is 70.7 Å². The van der Waals surface area contributed by atoms with Crippen LogP contribution in [0.4, 0.5) is 0 Å². The zero-order valence-corrected chi connectivity index (χ0v) is 10.8. The van der Waals surface area contributed by atoms with E-state index >= 15 is 0 Å². The lowest BCUT2D eigenvalue weighted by atomic mass is 9.95. The molecule has 1 aromatic rings. The molecular weight excluding hydrogens is 228 g/mol. The summed E-state index contributed by atoms with van der Waals surface area (Å²) in [7, 11) is 0. The monoisotopic (exact) mass is 248 g/mol. The van der Waals surface area contributed by atoms with E-state index in [2.05, 4.69) is 27.4 Å². The Hall–Kier alpha value is -1.39. The number of rotatable bonds is 4. The lowest BCUT2D eigenvalue weighted by molar-refractivity contribution is 0.0912. The van der Waals surface area contributed by atoms with E-state index in [1.165, 1.54) is 19.3 Å². The Labute approximate surface area is 107 Å². The lowest BCUT2D eigenvalue weighted by Gasteiger charge is -2.21. The number of hydrogen-bond donors (Lipinski definition) is 2. The van der Waals surface area contributed by atoms with Crippen LogP contribution in [0.15, 0.2) is 0 Å². The Morgan fingerprint density at radius 2 is 2.33 bits per heavy atom. The second-order valence-corrected chi connectivity index (χ2v) is 5.61. The van der Waals surface area contributed by atoms with E-state index in [-0.39, 0.29) is 5.91 Å². The van der Waals surface area contributed by atoms with Gasteiger partial charge in [0.2, 0.25) is 5.82 Å². The first-order chi connectivity index (χ1) is 8.76. The van der Waals surface area contributed by atoms with Crippen LogP contribution in [0.5, 0.6) is 0 Å². The van der Waals surface area contributed by atoms with Crippen LogP contribution in [0, 0.1) is 11.8 Å². The molecular formula is C13H20N4O. The smallest absolute Gasteiger partial charge is 0.291 e. The number of fused-ring (bicyclic) bond motifs is 2. The number of carbonyl (C=O) groups excluding carboxylic acids is 1. The highest BCUT2D eigenvalue weighted by Gasteiger charge is 2.40. The van der Waals surface area contributed by atoms with Crippen molar-refractivity contribution in [3.05, 3.63) is 11.6 Å². The van der Waals surface area contributed by atoms with Crippen LogP contribution in [-0.4, -0.2) is 27.1 Å². The molecule has 1 heterocycles. The van der Waals surface area contributed by atoms with Crippen molar-refractivity contribution in [2.45, 2.75) is 51.5 Å². The first-order valence-corrected chi connectivity index (χ1v) is 6.98. The van der Waals surface area contributed by atoms with Gasteiger partial charge in [0.1, 0.15) is 5.82 Å². The fraction of sp³-hybridized carbons (Fsp3) is 0.769. The Balaban J connectivity index is 1.60. The molecule has 98 valence electrons. The first kappa shape index (κ1) is 11.7. The average Bonchev–Trinajstić information content (AvgIpc) is 3.04. The highest BCUT2D eigenvalue weighted by molar-refractivity contribution is 5.90. The molecule has 1 amide bonds. The van der Waals surface area contributed by atoms with E-state index in [0.29, 0.717) is 17.8 Å². The van der Waals surface area contributed by atoms with Gasteiger partial charge >= 0.3 is 0 Å². The number of H-pyrrole nitrogens is 1. The summed E-state index contributed by atoms with van der Waals surface area (Å²) in [6.07, 6.45) is 6.89. The molecule has 18 heavy (non-hydrogen) atoms. The van der Waals surface area contributed by atoms with Gasteiger partial charge in [0.05, 0.1) is 0 Å². The summed E-state index contributed by atoms with van der Waals surface area (Å²) in [6.45, 7) is 2.08. The minimum Gasteiger partial charge on any atom is -0.346 e. The molecule has 2 aliphatic rings. The number of aryl methyl sites for hydroxylation is 1. The van der Waals surface area contributed by atoms with Crippen molar-refractivity contribution in [3.8, 4) is 0 Å². The summed E-state index contributed by atoms with van der Waals surface area (Å²) >= 11 is 0. The largest absolute Gasteiger partial charge is 0.346 e. The predicted molar refractivity (Wildman–Crippen MR) is 67.1 cm³/mol. The molecule has 2 N–H and O–H groups in total. The molecule has 5 heteroatoms. The maximum atomic E-state index is 12.0. The Kier molecular flexibility index (Phi) is 3.06. The van der Waals surface area contributed by atoms with Gasteiger partial charge in [-0.15, -0.1) is 5.10 Å². The van der Waals surface area contributed by atoms with Crippen molar-refractivity contribution in [2.24, 2.45) is 11.8 Å². The molecule has 3 atom stereocenters. The second-order valence-electron chi connectivity index (χ2n) is 5.61. The van der Waals surface area contributed by atoms with Gasteiger partial charge in [0.25, 0.3) is 5.91 Å². The maximum absolute atomic E-state index is 12.0. The third-order valence-corrected chi connectivity index (χ3v) is 4.28. The minimum atomic E-state index is -0.119. The molecule has 5 nitrogen and oxygen atoms in total. The normalized spacial score (nSPS) is 29.7. The van der Waals surface area contributed by atoms with E-state index in [9.17, 15) is 4.79 Å². The Bertz CT molecular complexity index is 442. The van der Waals surface area contributed by atoms with Crippen LogP contribution in [0.1, 0.15) is 55.5 Å². The Morgan fingerprint density at radius 3 is 3.00 bits per heavy atom. The molecule has 0 aliphatic heterocycles. The average molecular weight is 248 g/mol. The van der Waals surface area contributed by atoms with E-state index in [0.717, 1.165) is 31.0 Å². The molecule has 2 fully saturated rings. The molecule has 0 aromatic carbocycles. The predicted octanol–water partition coefficient (Wildman–Crippen LogP) is 1.68.